The van der Waals surface area contributed by atoms with Crippen LogP contribution in [0.25, 0.3) is 0 Å². The van der Waals surface area contributed by atoms with Gasteiger partial charge < -0.3 is 20.3 Å². The van der Waals surface area contributed by atoms with E-state index in [1.165, 1.54) is 0 Å². The first kappa shape index (κ1) is 22.7. The molecule has 166 valence electrons. The molecule has 1 aliphatic rings. The van der Waals surface area contributed by atoms with Gasteiger partial charge in [-0.25, -0.2) is 0 Å². The van der Waals surface area contributed by atoms with E-state index in [2.05, 4.69) is 29.4 Å². The molecule has 1 saturated heterocycles. The minimum atomic E-state index is -0.0812. The van der Waals surface area contributed by atoms with Gasteiger partial charge >= 0.3 is 0 Å². The summed E-state index contributed by atoms with van der Waals surface area (Å²) in [4.78, 5) is 27.5. The van der Waals surface area contributed by atoms with Gasteiger partial charge in [0.1, 0.15) is 5.75 Å². The lowest BCUT2D eigenvalue weighted by Gasteiger charge is -2.35. The summed E-state index contributed by atoms with van der Waals surface area (Å²) >= 11 is 0. The SMILES string of the molecule is COc1cccc(C(=O)NC2CCN(c3ccccc3C(=O)NCCC(C)C)CC2)c1. The molecule has 6 heteroatoms. The van der Waals surface area contributed by atoms with Gasteiger partial charge in [0.2, 0.25) is 0 Å². The summed E-state index contributed by atoms with van der Waals surface area (Å²) in [5.74, 6) is 1.12. The summed E-state index contributed by atoms with van der Waals surface area (Å²) in [6, 6.07) is 15.1. The number of benzene rings is 2. The van der Waals surface area contributed by atoms with Crippen molar-refractivity contribution in [2.24, 2.45) is 5.92 Å². The highest BCUT2D eigenvalue weighted by Crippen LogP contribution is 2.24. The lowest BCUT2D eigenvalue weighted by molar-refractivity contribution is 0.0929. The highest BCUT2D eigenvalue weighted by Gasteiger charge is 2.24. The number of nitrogens with one attached hydrogen (secondary N) is 2. The molecule has 2 N–H and O–H groups in total. The van der Waals surface area contributed by atoms with Crippen molar-refractivity contribution in [2.45, 2.75) is 39.2 Å². The number of hydrogen-bond donors (Lipinski definition) is 2. The van der Waals surface area contributed by atoms with Crippen LogP contribution in [0.1, 0.15) is 53.8 Å². The van der Waals surface area contributed by atoms with Gasteiger partial charge in [-0.15, -0.1) is 0 Å². The minimum absolute atomic E-state index is 0.0234. The molecule has 31 heavy (non-hydrogen) atoms. The molecular weight excluding hydrogens is 390 g/mol. The Hall–Kier alpha value is -3.02. The number of anilines is 1. The van der Waals surface area contributed by atoms with Crippen LogP contribution in [0.5, 0.6) is 5.75 Å². The summed E-state index contributed by atoms with van der Waals surface area (Å²) in [7, 11) is 1.59. The first-order valence-electron chi connectivity index (χ1n) is 11.0. The molecule has 0 unspecified atom stereocenters. The van der Waals surface area contributed by atoms with Crippen LogP contribution < -0.4 is 20.3 Å². The number of ether oxygens (including phenoxy) is 1. The van der Waals surface area contributed by atoms with Crippen molar-refractivity contribution in [1.29, 1.82) is 0 Å². The van der Waals surface area contributed by atoms with Crippen molar-refractivity contribution in [3.63, 3.8) is 0 Å². The lowest BCUT2D eigenvalue weighted by atomic mass is 10.0. The quantitative estimate of drug-likeness (QED) is 0.676. The second-order valence-electron chi connectivity index (χ2n) is 8.42. The van der Waals surface area contributed by atoms with Gasteiger partial charge in [-0.1, -0.05) is 32.0 Å². The maximum atomic E-state index is 12.7. The normalized spacial score (nSPS) is 14.4. The summed E-state index contributed by atoms with van der Waals surface area (Å²) < 4.78 is 5.21. The Kier molecular flexibility index (Phi) is 7.93. The predicted octanol–water partition coefficient (Wildman–Crippen LogP) is 3.87. The van der Waals surface area contributed by atoms with E-state index in [1.54, 1.807) is 19.2 Å². The maximum Gasteiger partial charge on any atom is 0.253 e. The lowest BCUT2D eigenvalue weighted by Crippen LogP contribution is -2.45. The van der Waals surface area contributed by atoms with Crippen LogP contribution in [0, 0.1) is 5.92 Å². The molecule has 0 aromatic heterocycles. The molecule has 0 bridgehead atoms. The van der Waals surface area contributed by atoms with E-state index in [9.17, 15) is 9.59 Å². The summed E-state index contributed by atoms with van der Waals surface area (Å²) in [6.45, 7) is 6.57. The summed E-state index contributed by atoms with van der Waals surface area (Å²) in [5, 5.41) is 6.17. The Morgan fingerprint density at radius 1 is 1.06 bits per heavy atom. The number of rotatable bonds is 8. The Morgan fingerprint density at radius 2 is 1.81 bits per heavy atom. The third kappa shape index (κ3) is 6.23. The molecule has 2 aromatic rings. The maximum absolute atomic E-state index is 12.7. The average Bonchev–Trinajstić information content (AvgIpc) is 2.79. The van der Waals surface area contributed by atoms with Gasteiger partial charge in [0.25, 0.3) is 11.8 Å². The fourth-order valence-electron chi connectivity index (χ4n) is 3.81. The fraction of sp³-hybridized carbons (Fsp3) is 0.440. The van der Waals surface area contributed by atoms with Gasteiger partial charge in [-0.2, -0.15) is 0 Å². The van der Waals surface area contributed by atoms with E-state index in [0.29, 0.717) is 29.3 Å². The predicted molar refractivity (Wildman–Crippen MR) is 124 cm³/mol. The summed E-state index contributed by atoms with van der Waals surface area (Å²) in [6.07, 6.45) is 2.63. The molecule has 1 fully saturated rings. The number of hydrogen-bond acceptors (Lipinski definition) is 4. The van der Waals surface area contributed by atoms with Crippen LogP contribution in [-0.2, 0) is 0 Å². The number of carbonyl (C=O) groups is 2. The third-order valence-electron chi connectivity index (χ3n) is 5.66. The Balaban J connectivity index is 1.57. The van der Waals surface area contributed by atoms with Gasteiger partial charge in [-0.3, -0.25) is 9.59 Å². The molecule has 0 radical (unpaired) electrons. The fourth-order valence-corrected chi connectivity index (χ4v) is 3.81. The van der Waals surface area contributed by atoms with Crippen molar-refractivity contribution in [3.05, 3.63) is 59.7 Å². The molecule has 6 nitrogen and oxygen atoms in total. The molecule has 2 aromatic carbocycles. The van der Waals surface area contributed by atoms with Crippen LogP contribution >= 0.6 is 0 Å². The molecule has 1 heterocycles. The van der Waals surface area contributed by atoms with Gasteiger partial charge in [0.05, 0.1) is 12.7 Å². The van der Waals surface area contributed by atoms with Crippen molar-refractivity contribution in [2.75, 3.05) is 31.6 Å². The van der Waals surface area contributed by atoms with Crippen molar-refractivity contribution in [3.8, 4) is 5.75 Å². The van der Waals surface area contributed by atoms with Crippen LogP contribution in [0.2, 0.25) is 0 Å². The Morgan fingerprint density at radius 3 is 2.52 bits per heavy atom. The molecule has 0 saturated carbocycles. The molecular formula is C25H33N3O3. The van der Waals surface area contributed by atoms with Crippen molar-refractivity contribution in [1.82, 2.24) is 10.6 Å². The standard InChI is InChI=1S/C25H33N3O3/c1-18(2)11-14-26-25(30)22-9-4-5-10-23(22)28-15-12-20(13-16-28)27-24(29)19-7-6-8-21(17-19)31-3/h4-10,17-18,20H,11-16H2,1-3H3,(H,26,30)(H,27,29). The molecule has 0 spiro atoms. The molecule has 2 amide bonds. The van der Waals surface area contributed by atoms with Crippen molar-refractivity contribution < 1.29 is 14.3 Å². The zero-order chi connectivity index (χ0) is 22.2. The zero-order valence-electron chi connectivity index (χ0n) is 18.7. The van der Waals surface area contributed by atoms with Gasteiger partial charge in [0.15, 0.2) is 0 Å². The number of carbonyl (C=O) groups excluding carboxylic acids is 2. The highest BCUT2D eigenvalue weighted by atomic mass is 16.5. The Bertz CT molecular complexity index is 889. The number of nitrogens with zero attached hydrogens (tertiary/aromatic N) is 1. The summed E-state index contributed by atoms with van der Waals surface area (Å²) in [5.41, 5.74) is 2.28. The highest BCUT2D eigenvalue weighted by molar-refractivity contribution is 5.99. The topological polar surface area (TPSA) is 70.7 Å². The third-order valence-corrected chi connectivity index (χ3v) is 5.66. The van der Waals surface area contributed by atoms with E-state index in [0.717, 1.165) is 38.0 Å². The Labute approximate surface area is 185 Å². The number of methoxy groups -OCH3 is 1. The van der Waals surface area contributed by atoms with Crippen LogP contribution in [0.3, 0.4) is 0 Å². The molecule has 1 aliphatic heterocycles. The molecule has 3 rings (SSSR count). The van der Waals surface area contributed by atoms with E-state index < -0.39 is 0 Å². The van der Waals surface area contributed by atoms with Crippen molar-refractivity contribution >= 4 is 17.5 Å². The van der Waals surface area contributed by atoms with Crippen LogP contribution in [0.15, 0.2) is 48.5 Å². The van der Waals surface area contributed by atoms with Crippen LogP contribution in [-0.4, -0.2) is 44.6 Å². The second-order valence-corrected chi connectivity index (χ2v) is 8.42. The van der Waals surface area contributed by atoms with E-state index >= 15 is 0 Å². The van der Waals surface area contributed by atoms with E-state index in [1.807, 2.05) is 36.4 Å². The van der Waals surface area contributed by atoms with E-state index in [-0.39, 0.29) is 17.9 Å². The average molecular weight is 424 g/mol. The first-order valence-corrected chi connectivity index (χ1v) is 11.0. The number of amides is 2. The number of piperidine rings is 1. The zero-order valence-corrected chi connectivity index (χ0v) is 18.7. The smallest absolute Gasteiger partial charge is 0.253 e. The van der Waals surface area contributed by atoms with Gasteiger partial charge in [-0.05, 0) is 55.5 Å². The first-order chi connectivity index (χ1) is 15.0. The minimum Gasteiger partial charge on any atom is -0.497 e. The molecule has 0 atom stereocenters. The van der Waals surface area contributed by atoms with E-state index in [4.69, 9.17) is 4.74 Å². The number of para-hydroxylation sites is 1. The second kappa shape index (κ2) is 10.8. The molecule has 0 aliphatic carbocycles. The van der Waals surface area contributed by atoms with Gasteiger partial charge in [0, 0.05) is 36.9 Å². The van der Waals surface area contributed by atoms with Crippen LogP contribution in [0.4, 0.5) is 5.69 Å². The monoisotopic (exact) mass is 423 g/mol. The largest absolute Gasteiger partial charge is 0.497 e.